The van der Waals surface area contributed by atoms with Gasteiger partial charge in [-0.1, -0.05) is 6.07 Å². The molecule has 6 nitrogen and oxygen atoms in total. The zero-order valence-corrected chi connectivity index (χ0v) is 15.7. The molecule has 0 aromatic carbocycles. The Bertz CT molecular complexity index is 629. The number of aromatic nitrogens is 3. The van der Waals surface area contributed by atoms with Crippen molar-refractivity contribution in [1.29, 1.82) is 0 Å². The Morgan fingerprint density at radius 2 is 2.20 bits per heavy atom. The summed E-state index contributed by atoms with van der Waals surface area (Å²) in [5.41, 5.74) is 2.28. The third kappa shape index (κ3) is 6.30. The predicted molar refractivity (Wildman–Crippen MR) is 103 cm³/mol. The molecule has 25 heavy (non-hydrogen) atoms. The smallest absolute Gasteiger partial charge is 0.241 e. The Morgan fingerprint density at radius 3 is 2.92 bits per heavy atom. The molecule has 0 bridgehead atoms. The molecule has 2 aromatic rings. The number of halogens is 2. The molecule has 138 valence electrons. The minimum atomic E-state index is 0. The van der Waals surface area contributed by atoms with Crippen LogP contribution in [0.25, 0.3) is 0 Å². The highest BCUT2D eigenvalue weighted by molar-refractivity contribution is 5.85. The van der Waals surface area contributed by atoms with Gasteiger partial charge in [0.2, 0.25) is 5.91 Å². The molecular formula is C17H25Cl2N5O. The minimum Gasteiger partial charge on any atom is -0.354 e. The topological polar surface area (TPSA) is 71.8 Å². The summed E-state index contributed by atoms with van der Waals surface area (Å²) in [5.74, 6) is 0.456. The van der Waals surface area contributed by atoms with Gasteiger partial charge in [0.25, 0.3) is 0 Å². The van der Waals surface area contributed by atoms with Crippen LogP contribution in [0.2, 0.25) is 0 Å². The van der Waals surface area contributed by atoms with E-state index in [0.29, 0.717) is 12.5 Å². The van der Waals surface area contributed by atoms with E-state index in [1.165, 1.54) is 6.42 Å². The van der Waals surface area contributed by atoms with Crippen LogP contribution >= 0.6 is 24.8 Å². The van der Waals surface area contributed by atoms with Gasteiger partial charge in [0, 0.05) is 43.3 Å². The minimum absolute atomic E-state index is 0. The number of rotatable bonds is 6. The number of nitrogens with one attached hydrogen (secondary N) is 2. The van der Waals surface area contributed by atoms with Crippen LogP contribution in [0.1, 0.15) is 30.0 Å². The fraction of sp³-hybridized carbons (Fsp3) is 0.471. The summed E-state index contributed by atoms with van der Waals surface area (Å²) < 4.78 is 1.83. The summed E-state index contributed by atoms with van der Waals surface area (Å²) in [6, 6.07) is 5.95. The van der Waals surface area contributed by atoms with Gasteiger partial charge in [-0.15, -0.1) is 24.8 Å². The van der Waals surface area contributed by atoms with E-state index < -0.39 is 0 Å². The van der Waals surface area contributed by atoms with E-state index in [9.17, 15) is 4.79 Å². The molecule has 0 saturated carbocycles. The summed E-state index contributed by atoms with van der Waals surface area (Å²) in [4.78, 5) is 16.2. The largest absolute Gasteiger partial charge is 0.354 e. The van der Waals surface area contributed by atoms with Gasteiger partial charge in [-0.2, -0.15) is 5.10 Å². The van der Waals surface area contributed by atoms with E-state index in [0.717, 1.165) is 37.2 Å². The molecule has 1 fully saturated rings. The Hall–Kier alpha value is -1.63. The SMILES string of the molecule is Cl.Cl.O=C(Cn1nccc1C1CCCNC1)NCCc1cccnc1. The molecule has 1 amide bonds. The maximum Gasteiger partial charge on any atom is 0.241 e. The fourth-order valence-electron chi connectivity index (χ4n) is 3.01. The number of hydrogen-bond donors (Lipinski definition) is 2. The van der Waals surface area contributed by atoms with Crippen LogP contribution in [-0.2, 0) is 17.8 Å². The quantitative estimate of drug-likeness (QED) is 0.796. The van der Waals surface area contributed by atoms with Crippen molar-refractivity contribution < 1.29 is 4.79 Å². The van der Waals surface area contributed by atoms with Crippen molar-refractivity contribution in [2.24, 2.45) is 0 Å². The molecule has 2 N–H and O–H groups in total. The van der Waals surface area contributed by atoms with E-state index in [2.05, 4.69) is 20.7 Å². The van der Waals surface area contributed by atoms with Gasteiger partial charge >= 0.3 is 0 Å². The van der Waals surface area contributed by atoms with E-state index >= 15 is 0 Å². The van der Waals surface area contributed by atoms with Crippen molar-refractivity contribution in [2.75, 3.05) is 19.6 Å². The fourth-order valence-corrected chi connectivity index (χ4v) is 3.01. The first-order valence-corrected chi connectivity index (χ1v) is 8.21. The molecule has 3 rings (SSSR count). The number of amides is 1. The van der Waals surface area contributed by atoms with E-state index in [1.807, 2.05) is 29.1 Å². The zero-order chi connectivity index (χ0) is 15.9. The highest BCUT2D eigenvalue weighted by atomic mass is 35.5. The lowest BCUT2D eigenvalue weighted by Gasteiger charge is -2.23. The lowest BCUT2D eigenvalue weighted by Crippen LogP contribution is -2.33. The van der Waals surface area contributed by atoms with Crippen molar-refractivity contribution in [2.45, 2.75) is 31.7 Å². The first-order valence-electron chi connectivity index (χ1n) is 8.21. The van der Waals surface area contributed by atoms with Crippen molar-refractivity contribution >= 4 is 30.7 Å². The van der Waals surface area contributed by atoms with Gasteiger partial charge in [-0.25, -0.2) is 0 Å². The monoisotopic (exact) mass is 385 g/mol. The average Bonchev–Trinajstić information content (AvgIpc) is 3.05. The summed E-state index contributed by atoms with van der Waals surface area (Å²) >= 11 is 0. The van der Waals surface area contributed by atoms with E-state index in [-0.39, 0.29) is 37.3 Å². The van der Waals surface area contributed by atoms with Crippen LogP contribution in [0, 0.1) is 0 Å². The van der Waals surface area contributed by atoms with Gasteiger partial charge in [-0.05, 0) is 43.5 Å². The van der Waals surface area contributed by atoms with Crippen LogP contribution in [0.5, 0.6) is 0 Å². The van der Waals surface area contributed by atoms with Crippen LogP contribution in [0.15, 0.2) is 36.8 Å². The second-order valence-electron chi connectivity index (χ2n) is 5.92. The molecule has 1 aliphatic rings. The molecule has 1 unspecified atom stereocenters. The summed E-state index contributed by atoms with van der Waals surface area (Å²) in [6.07, 6.45) is 8.48. The van der Waals surface area contributed by atoms with Gasteiger partial charge in [0.1, 0.15) is 6.54 Å². The molecule has 1 aliphatic heterocycles. The molecule has 0 radical (unpaired) electrons. The highest BCUT2D eigenvalue weighted by Gasteiger charge is 2.19. The number of piperidine rings is 1. The third-order valence-electron chi connectivity index (χ3n) is 4.22. The number of nitrogens with zero attached hydrogens (tertiary/aromatic N) is 3. The first-order chi connectivity index (χ1) is 11.3. The Kier molecular flexibility index (Phi) is 9.49. The average molecular weight is 386 g/mol. The first kappa shape index (κ1) is 21.4. The van der Waals surface area contributed by atoms with E-state index in [4.69, 9.17) is 0 Å². The Morgan fingerprint density at radius 1 is 1.32 bits per heavy atom. The number of carbonyl (C=O) groups excluding carboxylic acids is 1. The Balaban J connectivity index is 0.00000156. The molecule has 2 aromatic heterocycles. The van der Waals surface area contributed by atoms with Crippen molar-refractivity contribution in [1.82, 2.24) is 25.4 Å². The second kappa shape index (κ2) is 11.1. The molecule has 0 spiro atoms. The van der Waals surface area contributed by atoms with Crippen LogP contribution < -0.4 is 10.6 Å². The predicted octanol–water partition coefficient (Wildman–Crippen LogP) is 1.95. The molecular weight excluding hydrogens is 361 g/mol. The van der Waals surface area contributed by atoms with Gasteiger partial charge in [0.15, 0.2) is 0 Å². The molecule has 8 heteroatoms. The summed E-state index contributed by atoms with van der Waals surface area (Å²) in [7, 11) is 0. The summed E-state index contributed by atoms with van der Waals surface area (Å²) in [5, 5.41) is 10.7. The molecule has 1 saturated heterocycles. The van der Waals surface area contributed by atoms with Gasteiger partial charge in [0.05, 0.1) is 0 Å². The van der Waals surface area contributed by atoms with E-state index in [1.54, 1.807) is 12.4 Å². The van der Waals surface area contributed by atoms with Crippen LogP contribution in [0.3, 0.4) is 0 Å². The van der Waals surface area contributed by atoms with Crippen molar-refractivity contribution in [3.05, 3.63) is 48.0 Å². The number of carbonyl (C=O) groups is 1. The van der Waals surface area contributed by atoms with Crippen molar-refractivity contribution in [3.8, 4) is 0 Å². The Labute approximate surface area is 160 Å². The lowest BCUT2D eigenvalue weighted by atomic mass is 9.96. The van der Waals surface area contributed by atoms with Crippen LogP contribution in [-0.4, -0.2) is 40.3 Å². The molecule has 1 atom stereocenters. The standard InChI is InChI=1S/C17H23N5O.2ClH/c23-17(20-9-5-14-3-1-7-18-11-14)13-22-16(6-10-21-22)15-4-2-8-19-12-15;;/h1,3,6-7,10-11,15,19H,2,4-5,8-9,12-13H2,(H,20,23);2*1H. The number of pyridine rings is 1. The van der Waals surface area contributed by atoms with Gasteiger partial charge < -0.3 is 10.6 Å². The van der Waals surface area contributed by atoms with Crippen LogP contribution in [0.4, 0.5) is 0 Å². The van der Waals surface area contributed by atoms with Crippen molar-refractivity contribution in [3.63, 3.8) is 0 Å². The summed E-state index contributed by atoms with van der Waals surface area (Å²) in [6.45, 7) is 2.95. The lowest BCUT2D eigenvalue weighted by molar-refractivity contribution is -0.121. The zero-order valence-electron chi connectivity index (χ0n) is 14.1. The third-order valence-corrected chi connectivity index (χ3v) is 4.22. The second-order valence-corrected chi connectivity index (χ2v) is 5.92. The van der Waals surface area contributed by atoms with Gasteiger partial charge in [-0.3, -0.25) is 14.5 Å². The highest BCUT2D eigenvalue weighted by Crippen LogP contribution is 2.22. The maximum absolute atomic E-state index is 12.1. The molecule has 0 aliphatic carbocycles. The normalized spacial score (nSPS) is 16.4. The number of hydrogen-bond acceptors (Lipinski definition) is 4. The molecule has 3 heterocycles. The maximum atomic E-state index is 12.1.